The van der Waals surface area contributed by atoms with E-state index in [1.807, 2.05) is 19.1 Å². The minimum absolute atomic E-state index is 0.0292. The maximum absolute atomic E-state index is 12.9. The van der Waals surface area contributed by atoms with Crippen LogP contribution in [0.25, 0.3) is 0 Å². The van der Waals surface area contributed by atoms with Crippen LogP contribution in [0.4, 0.5) is 17.1 Å². The third-order valence-corrected chi connectivity index (χ3v) is 5.46. The van der Waals surface area contributed by atoms with Crippen LogP contribution in [0.5, 0.6) is 5.75 Å². The second-order valence-electron chi connectivity index (χ2n) is 7.32. The number of carbonyl (C=O) groups excluding carboxylic acids is 3. The zero-order valence-electron chi connectivity index (χ0n) is 17.7. The summed E-state index contributed by atoms with van der Waals surface area (Å²) in [6.45, 7) is 2.02. The van der Waals surface area contributed by atoms with Crippen molar-refractivity contribution in [3.63, 3.8) is 0 Å². The molecule has 0 saturated heterocycles. The Hall–Kier alpha value is -4.10. The summed E-state index contributed by atoms with van der Waals surface area (Å²) in [6.07, 6.45) is 0.845. The summed E-state index contributed by atoms with van der Waals surface area (Å²) in [5.41, 5.74) is 8.48. The molecular weight excluding hydrogens is 442 g/mol. The third-order valence-electron chi connectivity index (χ3n) is 5.11. The van der Waals surface area contributed by atoms with E-state index in [1.54, 1.807) is 60.7 Å². The number of carbonyl (C=O) groups is 3. The Morgan fingerprint density at radius 3 is 2.18 bits per heavy atom. The second kappa shape index (κ2) is 9.18. The smallest absolute Gasteiger partial charge is 0.343 e. The highest BCUT2D eigenvalue weighted by Gasteiger charge is 2.38. The number of hydrogen-bond acceptors (Lipinski definition) is 6. The largest absolute Gasteiger partial charge is 0.423 e. The number of ether oxygens (including phenoxy) is 1. The maximum Gasteiger partial charge on any atom is 0.343 e. The highest BCUT2D eigenvalue weighted by atomic mass is 35.5. The molecule has 1 heterocycles. The van der Waals surface area contributed by atoms with E-state index in [2.05, 4.69) is 5.32 Å². The average molecular weight is 462 g/mol. The van der Waals surface area contributed by atoms with Crippen molar-refractivity contribution in [2.24, 2.45) is 0 Å². The van der Waals surface area contributed by atoms with Gasteiger partial charge in [-0.3, -0.25) is 9.59 Å². The minimum Gasteiger partial charge on any atom is -0.423 e. The second-order valence-corrected chi connectivity index (χ2v) is 7.69. The number of nitrogen functional groups attached to an aromatic ring is 1. The van der Waals surface area contributed by atoms with Crippen LogP contribution in [0.1, 0.15) is 22.8 Å². The fourth-order valence-electron chi connectivity index (χ4n) is 3.26. The zero-order chi connectivity index (χ0) is 23.5. The predicted octanol–water partition coefficient (Wildman–Crippen LogP) is 4.49. The number of amides is 2. The first-order valence-corrected chi connectivity index (χ1v) is 10.6. The SMILES string of the molecule is CCc1ccc(N2C(=O)C(Cl)=C(Nc3ccc(C(=O)Oc4ccc(N)cc4)cc3)C2=O)cc1. The summed E-state index contributed by atoms with van der Waals surface area (Å²) >= 11 is 6.18. The molecule has 0 spiro atoms. The number of imide groups is 1. The van der Waals surface area contributed by atoms with E-state index in [4.69, 9.17) is 22.1 Å². The number of esters is 1. The van der Waals surface area contributed by atoms with Gasteiger partial charge in [-0.05, 0) is 72.6 Å². The number of nitrogens with two attached hydrogens (primary N) is 1. The van der Waals surface area contributed by atoms with Gasteiger partial charge < -0.3 is 15.8 Å². The molecule has 0 bridgehead atoms. The molecule has 0 saturated carbocycles. The Morgan fingerprint density at radius 2 is 1.58 bits per heavy atom. The van der Waals surface area contributed by atoms with Gasteiger partial charge in [-0.25, -0.2) is 9.69 Å². The van der Waals surface area contributed by atoms with Crippen molar-refractivity contribution in [3.05, 3.63) is 94.7 Å². The van der Waals surface area contributed by atoms with Crippen LogP contribution in [0.3, 0.4) is 0 Å². The Labute approximate surface area is 195 Å². The molecule has 0 radical (unpaired) electrons. The summed E-state index contributed by atoms with van der Waals surface area (Å²) < 4.78 is 5.31. The number of aryl methyl sites for hydroxylation is 1. The first-order valence-electron chi connectivity index (χ1n) is 10.2. The summed E-state index contributed by atoms with van der Waals surface area (Å²) in [7, 11) is 0. The predicted molar refractivity (Wildman–Crippen MR) is 127 cm³/mol. The van der Waals surface area contributed by atoms with Crippen LogP contribution in [0.2, 0.25) is 0 Å². The summed E-state index contributed by atoms with van der Waals surface area (Å²) in [4.78, 5) is 38.9. The standard InChI is InChI=1S/C25H20ClN3O4/c1-2-15-3-11-19(12-4-15)29-23(30)21(26)22(24(29)31)28-18-9-5-16(6-10-18)25(32)33-20-13-7-17(27)8-14-20/h3-14,28H,2,27H2,1H3. The van der Waals surface area contributed by atoms with Crippen molar-refractivity contribution >= 4 is 46.4 Å². The van der Waals surface area contributed by atoms with Crippen molar-refractivity contribution in [1.82, 2.24) is 0 Å². The van der Waals surface area contributed by atoms with Gasteiger partial charge in [0.1, 0.15) is 16.5 Å². The molecule has 0 fully saturated rings. The molecule has 4 rings (SSSR count). The Bertz CT molecular complexity index is 1250. The van der Waals surface area contributed by atoms with Gasteiger partial charge in [-0.15, -0.1) is 0 Å². The van der Waals surface area contributed by atoms with Gasteiger partial charge in [0, 0.05) is 11.4 Å². The van der Waals surface area contributed by atoms with Crippen LogP contribution in [0, 0.1) is 0 Å². The first kappa shape index (κ1) is 22.1. The van der Waals surface area contributed by atoms with E-state index < -0.39 is 17.8 Å². The van der Waals surface area contributed by atoms with Crippen LogP contribution in [0.15, 0.2) is 83.5 Å². The quantitative estimate of drug-likeness (QED) is 0.243. The Morgan fingerprint density at radius 1 is 0.939 bits per heavy atom. The monoisotopic (exact) mass is 461 g/mol. The molecule has 1 aliphatic heterocycles. The van der Waals surface area contributed by atoms with Crippen molar-refractivity contribution < 1.29 is 19.1 Å². The summed E-state index contributed by atoms with van der Waals surface area (Å²) in [5, 5.41) is 2.68. The van der Waals surface area contributed by atoms with Crippen LogP contribution in [-0.4, -0.2) is 17.8 Å². The molecular formula is C25H20ClN3O4. The first-order chi connectivity index (χ1) is 15.9. The van der Waals surface area contributed by atoms with Gasteiger partial charge in [0.15, 0.2) is 0 Å². The molecule has 2 amide bonds. The van der Waals surface area contributed by atoms with E-state index in [0.717, 1.165) is 16.9 Å². The molecule has 3 aromatic rings. The van der Waals surface area contributed by atoms with E-state index in [-0.39, 0.29) is 10.7 Å². The van der Waals surface area contributed by atoms with Gasteiger partial charge >= 0.3 is 5.97 Å². The Balaban J connectivity index is 1.46. The molecule has 0 aromatic heterocycles. The van der Waals surface area contributed by atoms with Gasteiger partial charge in [0.2, 0.25) is 0 Å². The lowest BCUT2D eigenvalue weighted by Gasteiger charge is -2.15. The average Bonchev–Trinajstić information content (AvgIpc) is 3.04. The number of nitrogens with zero attached hydrogens (tertiary/aromatic N) is 1. The summed E-state index contributed by atoms with van der Waals surface area (Å²) in [5.74, 6) is -1.33. The Kier molecular flexibility index (Phi) is 6.15. The zero-order valence-corrected chi connectivity index (χ0v) is 18.4. The van der Waals surface area contributed by atoms with Crippen LogP contribution >= 0.6 is 11.6 Å². The van der Waals surface area contributed by atoms with Gasteiger partial charge in [-0.2, -0.15) is 0 Å². The molecule has 0 unspecified atom stereocenters. The maximum atomic E-state index is 12.9. The lowest BCUT2D eigenvalue weighted by atomic mass is 10.1. The van der Waals surface area contributed by atoms with Crippen LogP contribution < -0.4 is 20.7 Å². The molecule has 8 heteroatoms. The van der Waals surface area contributed by atoms with Gasteiger partial charge in [0.05, 0.1) is 11.3 Å². The van der Waals surface area contributed by atoms with Gasteiger partial charge in [0.25, 0.3) is 11.8 Å². The van der Waals surface area contributed by atoms with Crippen molar-refractivity contribution in [2.75, 3.05) is 16.0 Å². The lowest BCUT2D eigenvalue weighted by Crippen LogP contribution is -2.32. The number of rotatable bonds is 6. The molecule has 3 aromatic carbocycles. The fraction of sp³-hybridized carbons (Fsp3) is 0.0800. The van der Waals surface area contributed by atoms with E-state index >= 15 is 0 Å². The van der Waals surface area contributed by atoms with Crippen LogP contribution in [-0.2, 0) is 16.0 Å². The normalized spacial score (nSPS) is 13.5. The molecule has 1 aliphatic rings. The molecule has 3 N–H and O–H groups in total. The third kappa shape index (κ3) is 4.58. The summed E-state index contributed by atoms with van der Waals surface area (Å²) in [6, 6.07) is 19.9. The van der Waals surface area contributed by atoms with E-state index in [9.17, 15) is 14.4 Å². The number of anilines is 3. The highest BCUT2D eigenvalue weighted by molar-refractivity contribution is 6.53. The molecule has 0 atom stereocenters. The number of halogens is 1. The molecule has 33 heavy (non-hydrogen) atoms. The highest BCUT2D eigenvalue weighted by Crippen LogP contribution is 2.30. The molecule has 7 nitrogen and oxygen atoms in total. The lowest BCUT2D eigenvalue weighted by molar-refractivity contribution is -0.120. The van der Waals surface area contributed by atoms with Crippen molar-refractivity contribution in [2.45, 2.75) is 13.3 Å². The van der Waals surface area contributed by atoms with Crippen molar-refractivity contribution in [3.8, 4) is 5.75 Å². The van der Waals surface area contributed by atoms with Crippen molar-refractivity contribution in [1.29, 1.82) is 0 Å². The van der Waals surface area contributed by atoms with Gasteiger partial charge in [-0.1, -0.05) is 30.7 Å². The molecule has 0 aliphatic carbocycles. The number of nitrogens with one attached hydrogen (secondary N) is 1. The van der Waals surface area contributed by atoms with E-state index in [1.165, 1.54) is 0 Å². The number of benzene rings is 3. The fourth-order valence-corrected chi connectivity index (χ4v) is 3.47. The minimum atomic E-state index is -0.600. The topological polar surface area (TPSA) is 102 Å². The molecule has 166 valence electrons. The van der Waals surface area contributed by atoms with E-state index in [0.29, 0.717) is 28.4 Å². The number of hydrogen-bond donors (Lipinski definition) is 2.